The molecule has 0 saturated carbocycles. The highest BCUT2D eigenvalue weighted by Crippen LogP contribution is 2.38. The molecule has 0 bridgehead atoms. The minimum absolute atomic E-state index is 0.181. The van der Waals surface area contributed by atoms with E-state index < -0.39 is 12.1 Å². The van der Waals surface area contributed by atoms with E-state index in [2.05, 4.69) is 0 Å². The third kappa shape index (κ3) is 5.37. The van der Waals surface area contributed by atoms with E-state index in [1.807, 2.05) is 25.1 Å². The Labute approximate surface area is 254 Å². The zero-order valence-electron chi connectivity index (χ0n) is 23.5. The van der Waals surface area contributed by atoms with E-state index in [0.717, 1.165) is 0 Å². The summed E-state index contributed by atoms with van der Waals surface area (Å²) in [6, 6.07) is 22.5. The zero-order chi connectivity index (χ0) is 30.1. The second-order valence-electron chi connectivity index (χ2n) is 10.8. The molecule has 7 nitrogen and oxygen atoms in total. The summed E-state index contributed by atoms with van der Waals surface area (Å²) in [5.74, 6) is -1.91. The van der Waals surface area contributed by atoms with Gasteiger partial charge in [-0.05, 0) is 43.5 Å². The normalized spacial score (nSPS) is 18.5. The fourth-order valence-electron chi connectivity index (χ4n) is 5.85. The summed E-state index contributed by atoms with van der Waals surface area (Å²) in [7, 11) is 0. The van der Waals surface area contributed by atoms with E-state index in [1.54, 1.807) is 72.8 Å². The van der Waals surface area contributed by atoms with Gasteiger partial charge in [0.1, 0.15) is 0 Å². The number of amides is 2. The first-order valence-electron chi connectivity index (χ1n) is 14.4. The number of ketones is 1. The summed E-state index contributed by atoms with van der Waals surface area (Å²) in [5.41, 5.74) is 2.73. The standard InChI is InChI=1S/C35H29ClN2O5/c1-2-9-30(32(39)22-10-4-3-5-11-22)43-35(42)27-20-29(37-31-24(27)14-8-15-28(31)36)21-16-18-23(19-17-21)38-33(40)25-12-6-7-13-26(25)34(38)41/h3-8,10-11,14-20,25-26,30H,2,9,12-13H2,1H3. The number of hydrogen-bond donors (Lipinski definition) is 0. The number of aromatic nitrogens is 1. The van der Waals surface area contributed by atoms with Crippen LogP contribution in [0.3, 0.4) is 0 Å². The average molecular weight is 593 g/mol. The topological polar surface area (TPSA) is 93.6 Å². The van der Waals surface area contributed by atoms with Gasteiger partial charge in [-0.1, -0.05) is 91.7 Å². The monoisotopic (exact) mass is 592 g/mol. The molecule has 2 heterocycles. The SMILES string of the molecule is CCCC(OC(=O)c1cc(-c2ccc(N3C(=O)C4CC=CCC4C3=O)cc2)nc2c(Cl)cccc12)C(=O)c1ccccc1. The highest BCUT2D eigenvalue weighted by Gasteiger charge is 2.47. The Morgan fingerprint density at radius 3 is 2.26 bits per heavy atom. The van der Waals surface area contributed by atoms with Gasteiger partial charge >= 0.3 is 5.97 Å². The molecule has 2 aliphatic rings. The Kier molecular flexibility index (Phi) is 7.91. The number of nitrogens with zero attached hydrogens (tertiary/aromatic N) is 2. The van der Waals surface area contributed by atoms with Crippen LogP contribution in [0, 0.1) is 11.8 Å². The van der Waals surface area contributed by atoms with Crippen LogP contribution in [0.2, 0.25) is 5.02 Å². The number of hydrogen-bond acceptors (Lipinski definition) is 6. The minimum atomic E-state index is -0.945. The molecular formula is C35H29ClN2O5. The van der Waals surface area contributed by atoms with Crippen molar-refractivity contribution in [2.45, 2.75) is 38.7 Å². The van der Waals surface area contributed by atoms with Crippen molar-refractivity contribution < 1.29 is 23.9 Å². The minimum Gasteiger partial charge on any atom is -0.450 e. The fraction of sp³-hybridized carbons (Fsp3) is 0.229. The number of halogens is 1. The van der Waals surface area contributed by atoms with Gasteiger partial charge in [-0.15, -0.1) is 0 Å². The number of allylic oxidation sites excluding steroid dienone is 2. The molecule has 1 aliphatic heterocycles. The van der Waals surface area contributed by atoms with Gasteiger partial charge in [0.15, 0.2) is 6.10 Å². The van der Waals surface area contributed by atoms with Gasteiger partial charge in [0, 0.05) is 16.5 Å². The third-order valence-electron chi connectivity index (χ3n) is 8.09. The van der Waals surface area contributed by atoms with Gasteiger partial charge in [-0.3, -0.25) is 19.3 Å². The molecule has 1 saturated heterocycles. The van der Waals surface area contributed by atoms with Crippen LogP contribution in [-0.2, 0) is 14.3 Å². The first-order chi connectivity index (χ1) is 20.9. The van der Waals surface area contributed by atoms with Crippen LogP contribution in [0.25, 0.3) is 22.2 Å². The van der Waals surface area contributed by atoms with E-state index in [0.29, 0.717) is 64.1 Å². The number of ether oxygens (including phenoxy) is 1. The molecule has 1 aromatic heterocycles. The molecular weight excluding hydrogens is 564 g/mol. The number of para-hydroxylation sites is 1. The van der Waals surface area contributed by atoms with Crippen LogP contribution in [0.1, 0.15) is 53.3 Å². The van der Waals surface area contributed by atoms with Crippen LogP contribution in [0.5, 0.6) is 0 Å². The molecule has 216 valence electrons. The number of imide groups is 1. The lowest BCUT2D eigenvalue weighted by atomic mass is 9.85. The summed E-state index contributed by atoms with van der Waals surface area (Å²) in [5, 5.41) is 0.865. The zero-order valence-corrected chi connectivity index (χ0v) is 24.3. The second-order valence-corrected chi connectivity index (χ2v) is 11.2. The molecule has 43 heavy (non-hydrogen) atoms. The Morgan fingerprint density at radius 1 is 0.930 bits per heavy atom. The van der Waals surface area contributed by atoms with Gasteiger partial charge in [0.05, 0.1) is 39.3 Å². The van der Waals surface area contributed by atoms with Gasteiger partial charge in [-0.25, -0.2) is 9.78 Å². The maximum Gasteiger partial charge on any atom is 0.339 e. The average Bonchev–Trinajstić information content (AvgIpc) is 3.30. The molecule has 3 aromatic carbocycles. The molecule has 6 rings (SSSR count). The number of rotatable bonds is 8. The Hall–Kier alpha value is -4.62. The fourth-order valence-corrected chi connectivity index (χ4v) is 6.07. The predicted octanol–water partition coefficient (Wildman–Crippen LogP) is 7.22. The number of Topliss-reactive ketones (excluding diaryl/α,β-unsaturated/α-hetero) is 1. The van der Waals surface area contributed by atoms with Crippen molar-refractivity contribution in [2.24, 2.45) is 11.8 Å². The highest BCUT2D eigenvalue weighted by atomic mass is 35.5. The molecule has 2 amide bonds. The van der Waals surface area contributed by atoms with Crippen LogP contribution in [0.15, 0.2) is 91.0 Å². The van der Waals surface area contributed by atoms with Gasteiger partial charge in [0.2, 0.25) is 17.6 Å². The quantitative estimate of drug-likeness (QED) is 0.0928. The van der Waals surface area contributed by atoms with Crippen molar-refractivity contribution in [3.05, 3.63) is 107 Å². The molecule has 3 atom stereocenters. The van der Waals surface area contributed by atoms with Crippen LogP contribution < -0.4 is 4.90 Å². The highest BCUT2D eigenvalue weighted by molar-refractivity contribution is 6.35. The van der Waals surface area contributed by atoms with Crippen molar-refractivity contribution >= 4 is 51.8 Å². The number of benzene rings is 3. The number of pyridine rings is 1. The van der Waals surface area contributed by atoms with E-state index >= 15 is 0 Å². The van der Waals surface area contributed by atoms with Crippen molar-refractivity contribution in [2.75, 3.05) is 4.90 Å². The summed E-state index contributed by atoms with van der Waals surface area (Å²) in [4.78, 5) is 59.0. The van der Waals surface area contributed by atoms with Gasteiger partial charge < -0.3 is 4.74 Å². The number of esters is 1. The molecule has 4 aromatic rings. The second kappa shape index (κ2) is 11.9. The smallest absolute Gasteiger partial charge is 0.339 e. The van der Waals surface area contributed by atoms with Crippen LogP contribution in [0.4, 0.5) is 5.69 Å². The number of anilines is 1. The molecule has 0 spiro atoms. The van der Waals surface area contributed by atoms with Crippen LogP contribution >= 0.6 is 11.6 Å². The molecule has 1 aliphatic carbocycles. The lowest BCUT2D eigenvalue weighted by Crippen LogP contribution is -2.30. The lowest BCUT2D eigenvalue weighted by Gasteiger charge is -2.18. The van der Waals surface area contributed by atoms with Crippen molar-refractivity contribution in [3.8, 4) is 11.3 Å². The van der Waals surface area contributed by atoms with E-state index in [1.165, 1.54) is 4.90 Å². The predicted molar refractivity (Wildman–Crippen MR) is 165 cm³/mol. The summed E-state index contributed by atoms with van der Waals surface area (Å²) in [6.45, 7) is 1.93. The van der Waals surface area contributed by atoms with Crippen molar-refractivity contribution in [3.63, 3.8) is 0 Å². The van der Waals surface area contributed by atoms with Gasteiger partial charge in [0.25, 0.3) is 0 Å². The maximum absolute atomic E-state index is 13.7. The summed E-state index contributed by atoms with van der Waals surface area (Å²) >= 11 is 6.53. The first kappa shape index (κ1) is 28.5. The van der Waals surface area contributed by atoms with Crippen LogP contribution in [-0.4, -0.2) is 34.7 Å². The number of fused-ring (bicyclic) bond motifs is 2. The number of carbonyl (C=O) groups is 4. The van der Waals surface area contributed by atoms with E-state index in [4.69, 9.17) is 21.3 Å². The van der Waals surface area contributed by atoms with Gasteiger partial charge in [-0.2, -0.15) is 0 Å². The molecule has 3 unspecified atom stereocenters. The summed E-state index contributed by atoms with van der Waals surface area (Å²) < 4.78 is 5.84. The first-order valence-corrected chi connectivity index (χ1v) is 14.8. The number of carbonyl (C=O) groups excluding carboxylic acids is 4. The van der Waals surface area contributed by atoms with E-state index in [9.17, 15) is 19.2 Å². The molecule has 0 radical (unpaired) electrons. The maximum atomic E-state index is 13.7. The van der Waals surface area contributed by atoms with Crippen molar-refractivity contribution in [1.29, 1.82) is 0 Å². The Balaban J connectivity index is 1.33. The largest absolute Gasteiger partial charge is 0.450 e. The molecule has 8 heteroatoms. The molecule has 0 N–H and O–H groups in total. The van der Waals surface area contributed by atoms with Crippen molar-refractivity contribution in [1.82, 2.24) is 4.98 Å². The lowest BCUT2D eigenvalue weighted by molar-refractivity contribution is -0.122. The summed E-state index contributed by atoms with van der Waals surface area (Å²) in [6.07, 6.45) is 5.14. The third-order valence-corrected chi connectivity index (χ3v) is 8.39. The Morgan fingerprint density at radius 2 is 1.60 bits per heavy atom. The van der Waals surface area contributed by atoms with E-state index in [-0.39, 0.29) is 35.0 Å². The Bertz CT molecular complexity index is 1740. The molecule has 1 fully saturated rings.